The van der Waals surface area contributed by atoms with Gasteiger partial charge in [0.25, 0.3) is 6.43 Å². The number of carbonyl (C=O) groups excluding carboxylic acids is 1. The number of carboxylic acid groups (broad SMARTS) is 1. The molecular weight excluding hydrogens is 160 g/mol. The molecule has 0 heterocycles. The lowest BCUT2D eigenvalue weighted by Crippen LogP contribution is -2.29. The van der Waals surface area contributed by atoms with Crippen molar-refractivity contribution >= 4 is 11.9 Å². The van der Waals surface area contributed by atoms with Crippen LogP contribution < -0.4 is 5.32 Å². The molecule has 0 atom stereocenters. The molecule has 0 fully saturated rings. The van der Waals surface area contributed by atoms with Gasteiger partial charge in [-0.25, -0.2) is 8.78 Å². The van der Waals surface area contributed by atoms with Crippen molar-refractivity contribution in [2.24, 2.45) is 0 Å². The van der Waals surface area contributed by atoms with E-state index in [4.69, 9.17) is 5.11 Å². The van der Waals surface area contributed by atoms with Crippen molar-refractivity contribution in [3.8, 4) is 0 Å². The lowest BCUT2D eigenvalue weighted by Gasteiger charge is -2.00. The second-order valence-electron chi connectivity index (χ2n) is 1.77. The number of hydrogen-bond donors (Lipinski definition) is 2. The molecule has 0 saturated heterocycles. The van der Waals surface area contributed by atoms with E-state index in [2.05, 4.69) is 0 Å². The van der Waals surface area contributed by atoms with Gasteiger partial charge in [0, 0.05) is 0 Å². The first-order valence-corrected chi connectivity index (χ1v) is 2.79. The van der Waals surface area contributed by atoms with E-state index in [0.717, 1.165) is 0 Å². The Morgan fingerprint density at radius 2 is 2.00 bits per heavy atom. The molecule has 4 nitrogen and oxygen atoms in total. The minimum atomic E-state index is -2.65. The van der Waals surface area contributed by atoms with Crippen LogP contribution in [0.2, 0.25) is 0 Å². The Bertz CT molecular complexity index is 160. The number of carboxylic acids is 1. The number of halogens is 2. The largest absolute Gasteiger partial charge is 0.481 e. The zero-order valence-corrected chi connectivity index (χ0v) is 5.51. The number of carbonyl (C=O) groups is 2. The molecule has 6 heteroatoms. The first kappa shape index (κ1) is 9.80. The summed E-state index contributed by atoms with van der Waals surface area (Å²) in [6.45, 7) is -0.799. The van der Waals surface area contributed by atoms with Crippen molar-refractivity contribution in [2.45, 2.75) is 12.8 Å². The normalized spacial score (nSPS) is 9.73. The summed E-state index contributed by atoms with van der Waals surface area (Å²) in [6.07, 6.45) is -3.42. The van der Waals surface area contributed by atoms with Crippen LogP contribution in [0.3, 0.4) is 0 Å². The second-order valence-corrected chi connectivity index (χ2v) is 1.77. The fraction of sp³-hybridized carbons (Fsp3) is 0.600. The zero-order valence-electron chi connectivity index (χ0n) is 5.51. The fourth-order valence-electron chi connectivity index (χ4n) is 0.391. The summed E-state index contributed by atoms with van der Waals surface area (Å²) in [4.78, 5) is 20.1. The number of aliphatic carboxylic acids is 1. The van der Waals surface area contributed by atoms with Crippen LogP contribution in [0.15, 0.2) is 0 Å². The molecule has 2 N–H and O–H groups in total. The van der Waals surface area contributed by atoms with E-state index in [0.29, 0.717) is 0 Å². The van der Waals surface area contributed by atoms with Gasteiger partial charge in [-0.05, 0) is 0 Å². The Morgan fingerprint density at radius 3 is 2.36 bits per heavy atom. The summed E-state index contributed by atoms with van der Waals surface area (Å²) in [7, 11) is 0. The summed E-state index contributed by atoms with van der Waals surface area (Å²) in [5, 5.41) is 9.74. The molecule has 0 aromatic heterocycles. The third kappa shape index (κ3) is 6.69. The van der Waals surface area contributed by atoms with E-state index in [-0.39, 0.29) is 0 Å². The van der Waals surface area contributed by atoms with Gasteiger partial charge in [0.1, 0.15) is 6.42 Å². The highest BCUT2D eigenvalue weighted by molar-refractivity contribution is 5.93. The van der Waals surface area contributed by atoms with Gasteiger partial charge >= 0.3 is 5.97 Å². The molecule has 64 valence electrons. The quantitative estimate of drug-likeness (QED) is 0.572. The Balaban J connectivity index is 3.46. The van der Waals surface area contributed by atoms with Crippen molar-refractivity contribution in [3.05, 3.63) is 0 Å². The Hall–Kier alpha value is -1.20. The monoisotopic (exact) mass is 167 g/mol. The molecule has 0 aromatic carbocycles. The van der Waals surface area contributed by atoms with Crippen LogP contribution in [-0.4, -0.2) is 30.0 Å². The average molecular weight is 167 g/mol. The van der Waals surface area contributed by atoms with E-state index in [9.17, 15) is 18.4 Å². The Kier molecular flexibility index (Phi) is 4.09. The smallest absolute Gasteiger partial charge is 0.312 e. The minimum Gasteiger partial charge on any atom is -0.481 e. The molecule has 0 aliphatic heterocycles. The molecule has 0 bridgehead atoms. The third-order valence-electron chi connectivity index (χ3n) is 0.765. The van der Waals surface area contributed by atoms with Crippen LogP contribution in [0.4, 0.5) is 8.78 Å². The molecule has 0 unspecified atom stereocenters. The highest BCUT2D eigenvalue weighted by Gasteiger charge is 2.09. The molecule has 0 saturated carbocycles. The summed E-state index contributed by atoms with van der Waals surface area (Å²) in [6, 6.07) is 0. The van der Waals surface area contributed by atoms with E-state index in [1.807, 2.05) is 0 Å². The van der Waals surface area contributed by atoms with Crippen molar-refractivity contribution in [1.29, 1.82) is 0 Å². The maximum absolute atomic E-state index is 11.4. The number of rotatable bonds is 4. The number of alkyl halides is 2. The van der Waals surface area contributed by atoms with Crippen LogP contribution >= 0.6 is 0 Å². The maximum atomic E-state index is 11.4. The molecule has 0 aromatic rings. The maximum Gasteiger partial charge on any atom is 0.312 e. The lowest BCUT2D eigenvalue weighted by molar-refractivity contribution is -0.140. The van der Waals surface area contributed by atoms with Gasteiger partial charge in [0.15, 0.2) is 0 Å². The lowest BCUT2D eigenvalue weighted by atomic mass is 10.4. The topological polar surface area (TPSA) is 66.4 Å². The van der Waals surface area contributed by atoms with Crippen LogP contribution in [0.25, 0.3) is 0 Å². The Morgan fingerprint density at radius 1 is 1.45 bits per heavy atom. The van der Waals surface area contributed by atoms with E-state index in [1.54, 1.807) is 5.32 Å². The number of nitrogens with one attached hydrogen (secondary N) is 1. The number of hydrogen-bond acceptors (Lipinski definition) is 2. The number of amides is 1. The van der Waals surface area contributed by atoms with E-state index < -0.39 is 31.3 Å². The average Bonchev–Trinajstić information content (AvgIpc) is 1.82. The molecule has 0 radical (unpaired) electrons. The first-order valence-electron chi connectivity index (χ1n) is 2.79. The molecule has 0 spiro atoms. The third-order valence-corrected chi connectivity index (χ3v) is 0.765. The first-order chi connectivity index (χ1) is 5.02. The van der Waals surface area contributed by atoms with Gasteiger partial charge in [0.05, 0.1) is 6.54 Å². The van der Waals surface area contributed by atoms with Gasteiger partial charge < -0.3 is 10.4 Å². The Labute approximate surface area is 61.2 Å². The molecular formula is C5H7F2NO3. The fourth-order valence-corrected chi connectivity index (χ4v) is 0.391. The SMILES string of the molecule is O=C(O)CC(=O)NCC(F)F. The van der Waals surface area contributed by atoms with E-state index >= 15 is 0 Å². The van der Waals surface area contributed by atoms with Crippen LogP contribution in [0.5, 0.6) is 0 Å². The van der Waals surface area contributed by atoms with Crippen LogP contribution in [0.1, 0.15) is 6.42 Å². The predicted octanol–water partition coefficient (Wildman–Crippen LogP) is -0.158. The predicted molar refractivity (Wildman–Crippen MR) is 31.3 cm³/mol. The van der Waals surface area contributed by atoms with Crippen LogP contribution in [0, 0.1) is 0 Å². The van der Waals surface area contributed by atoms with Gasteiger partial charge in [-0.15, -0.1) is 0 Å². The van der Waals surface area contributed by atoms with E-state index in [1.165, 1.54) is 0 Å². The van der Waals surface area contributed by atoms with Crippen molar-refractivity contribution in [1.82, 2.24) is 5.32 Å². The van der Waals surface area contributed by atoms with Gasteiger partial charge in [-0.1, -0.05) is 0 Å². The van der Waals surface area contributed by atoms with Gasteiger partial charge in [0.2, 0.25) is 5.91 Å². The standard InChI is InChI=1S/C5H7F2NO3/c6-3(7)2-8-4(9)1-5(10)11/h3H,1-2H2,(H,8,9)(H,10,11). The molecule has 0 rings (SSSR count). The molecule has 0 aliphatic rings. The minimum absolute atomic E-state index is 0.771. The highest BCUT2D eigenvalue weighted by atomic mass is 19.3. The summed E-state index contributed by atoms with van der Waals surface area (Å²) < 4.78 is 22.7. The van der Waals surface area contributed by atoms with Gasteiger partial charge in [-0.3, -0.25) is 9.59 Å². The molecule has 1 amide bonds. The van der Waals surface area contributed by atoms with Crippen LogP contribution in [-0.2, 0) is 9.59 Å². The van der Waals surface area contributed by atoms with Crippen molar-refractivity contribution in [3.63, 3.8) is 0 Å². The summed E-state index contributed by atoms with van der Waals surface area (Å²) >= 11 is 0. The van der Waals surface area contributed by atoms with Crippen molar-refractivity contribution < 1.29 is 23.5 Å². The van der Waals surface area contributed by atoms with Gasteiger partial charge in [-0.2, -0.15) is 0 Å². The summed E-state index contributed by atoms with van der Waals surface area (Å²) in [5.74, 6) is -2.24. The highest BCUT2D eigenvalue weighted by Crippen LogP contribution is 1.88. The molecule has 11 heavy (non-hydrogen) atoms. The van der Waals surface area contributed by atoms with Crippen molar-refractivity contribution in [2.75, 3.05) is 6.54 Å². The molecule has 0 aliphatic carbocycles. The second kappa shape index (κ2) is 4.59. The zero-order chi connectivity index (χ0) is 8.85. The summed E-state index contributed by atoms with van der Waals surface area (Å²) in [5.41, 5.74) is 0.